The molecule has 0 spiro atoms. The summed E-state index contributed by atoms with van der Waals surface area (Å²) in [6.45, 7) is 2.31. The molecule has 0 unspecified atom stereocenters. The molecular weight excluding hydrogens is 322 g/mol. The van der Waals surface area contributed by atoms with Gasteiger partial charge in [-0.3, -0.25) is 4.79 Å². The van der Waals surface area contributed by atoms with Crippen LogP contribution in [0.25, 0.3) is 0 Å². The summed E-state index contributed by atoms with van der Waals surface area (Å²) in [6.07, 6.45) is 3.25. The second-order valence-electron chi connectivity index (χ2n) is 6.22. The van der Waals surface area contributed by atoms with Gasteiger partial charge in [0.15, 0.2) is 6.61 Å². The Labute approximate surface area is 146 Å². The molecule has 0 fully saturated rings. The maximum Gasteiger partial charge on any atom is 0.348 e. The van der Waals surface area contributed by atoms with Gasteiger partial charge in [0.2, 0.25) is 0 Å². The smallest absolute Gasteiger partial charge is 0.348 e. The average Bonchev–Trinajstić information content (AvgIpc) is 3.16. The first kappa shape index (κ1) is 16.7. The molecule has 1 aliphatic rings. The van der Waals surface area contributed by atoms with E-state index in [1.54, 1.807) is 11.9 Å². The van der Waals surface area contributed by atoms with E-state index in [-0.39, 0.29) is 12.5 Å². The number of carbonyl (C=O) groups is 2. The third-order valence-corrected chi connectivity index (χ3v) is 5.46. The summed E-state index contributed by atoms with van der Waals surface area (Å²) in [5.74, 6) is -0.598. The lowest BCUT2D eigenvalue weighted by Gasteiger charge is -2.17. The van der Waals surface area contributed by atoms with Crippen molar-refractivity contribution in [3.8, 4) is 0 Å². The third-order valence-electron chi connectivity index (χ3n) is 4.24. The minimum Gasteiger partial charge on any atom is -0.451 e. The highest BCUT2D eigenvalue weighted by Gasteiger charge is 2.20. The van der Waals surface area contributed by atoms with Crippen molar-refractivity contribution in [3.63, 3.8) is 0 Å². The quantitative estimate of drug-likeness (QED) is 0.782. The van der Waals surface area contributed by atoms with Gasteiger partial charge in [0, 0.05) is 18.5 Å². The monoisotopic (exact) mass is 343 g/mol. The van der Waals surface area contributed by atoms with E-state index in [2.05, 4.69) is 0 Å². The van der Waals surface area contributed by atoms with Gasteiger partial charge < -0.3 is 9.64 Å². The van der Waals surface area contributed by atoms with Crippen LogP contribution in [0, 0.1) is 6.92 Å². The Balaban J connectivity index is 1.50. The molecule has 0 saturated carbocycles. The van der Waals surface area contributed by atoms with Crippen LogP contribution in [0.4, 0.5) is 0 Å². The number of rotatable bonds is 5. The summed E-state index contributed by atoms with van der Waals surface area (Å²) in [5, 5.41) is 0. The number of ether oxygens (including phenoxy) is 1. The van der Waals surface area contributed by atoms with Crippen LogP contribution in [-0.2, 0) is 28.9 Å². The molecule has 0 atom stereocenters. The Morgan fingerprint density at radius 2 is 1.96 bits per heavy atom. The predicted molar refractivity (Wildman–Crippen MR) is 94.3 cm³/mol. The first-order valence-corrected chi connectivity index (χ1v) is 8.93. The summed E-state index contributed by atoms with van der Waals surface area (Å²) in [7, 11) is 1.72. The van der Waals surface area contributed by atoms with Crippen molar-refractivity contribution in [1.82, 2.24) is 4.90 Å². The number of aryl methyl sites for hydroxylation is 3. The molecule has 4 nitrogen and oxygen atoms in total. The first-order valence-electron chi connectivity index (χ1n) is 8.11. The molecule has 0 N–H and O–H groups in total. The third kappa shape index (κ3) is 3.85. The van der Waals surface area contributed by atoms with Crippen LogP contribution in [0.1, 0.15) is 37.7 Å². The van der Waals surface area contributed by atoms with Crippen LogP contribution >= 0.6 is 11.3 Å². The zero-order valence-electron chi connectivity index (χ0n) is 14.0. The number of esters is 1. The molecule has 2 aromatic rings. The van der Waals surface area contributed by atoms with Crippen molar-refractivity contribution in [2.24, 2.45) is 0 Å². The van der Waals surface area contributed by atoms with E-state index in [1.165, 1.54) is 33.8 Å². The molecule has 24 heavy (non-hydrogen) atoms. The van der Waals surface area contributed by atoms with Crippen LogP contribution < -0.4 is 0 Å². The Morgan fingerprint density at radius 1 is 1.21 bits per heavy atom. The highest BCUT2D eigenvalue weighted by molar-refractivity contribution is 7.14. The van der Waals surface area contributed by atoms with Crippen LogP contribution in [0.5, 0.6) is 0 Å². The van der Waals surface area contributed by atoms with Crippen LogP contribution in [0.3, 0.4) is 0 Å². The van der Waals surface area contributed by atoms with Crippen molar-refractivity contribution in [1.29, 1.82) is 0 Å². The summed E-state index contributed by atoms with van der Waals surface area (Å²) >= 11 is 1.49. The van der Waals surface area contributed by atoms with Gasteiger partial charge in [0.1, 0.15) is 4.88 Å². The van der Waals surface area contributed by atoms with Gasteiger partial charge in [-0.25, -0.2) is 4.79 Å². The average molecular weight is 343 g/mol. The molecule has 1 amide bonds. The summed E-state index contributed by atoms with van der Waals surface area (Å²) in [6, 6.07) is 9.94. The highest BCUT2D eigenvalue weighted by atomic mass is 32.1. The van der Waals surface area contributed by atoms with Gasteiger partial charge in [-0.05, 0) is 43.4 Å². The lowest BCUT2D eigenvalue weighted by atomic mass is 10.1. The minimum absolute atomic E-state index is 0.201. The number of thiophene rings is 1. The Bertz CT molecular complexity index is 727. The molecule has 3 rings (SSSR count). The summed E-state index contributed by atoms with van der Waals surface area (Å²) < 4.78 is 5.19. The maximum atomic E-state index is 12.1. The summed E-state index contributed by atoms with van der Waals surface area (Å²) in [5.41, 5.74) is 3.50. The minimum atomic E-state index is -0.397. The largest absolute Gasteiger partial charge is 0.451 e. The Morgan fingerprint density at radius 3 is 2.67 bits per heavy atom. The molecule has 1 aliphatic carbocycles. The van der Waals surface area contributed by atoms with E-state index in [4.69, 9.17) is 4.74 Å². The fourth-order valence-electron chi connectivity index (χ4n) is 2.79. The highest BCUT2D eigenvalue weighted by Crippen LogP contribution is 2.30. The number of carbonyl (C=O) groups excluding carboxylic acids is 2. The Hall–Kier alpha value is -2.14. The zero-order valence-corrected chi connectivity index (χ0v) is 14.8. The van der Waals surface area contributed by atoms with Crippen LogP contribution in [0.15, 0.2) is 30.3 Å². The van der Waals surface area contributed by atoms with Crippen LogP contribution in [0.2, 0.25) is 0 Å². The van der Waals surface area contributed by atoms with Gasteiger partial charge >= 0.3 is 5.97 Å². The topological polar surface area (TPSA) is 46.6 Å². The molecule has 5 heteroatoms. The molecule has 1 aromatic carbocycles. The van der Waals surface area contributed by atoms with Gasteiger partial charge in [-0.2, -0.15) is 0 Å². The molecule has 1 aromatic heterocycles. The molecule has 1 heterocycles. The van der Waals surface area contributed by atoms with Gasteiger partial charge in [0.25, 0.3) is 5.91 Å². The normalized spacial score (nSPS) is 12.8. The van der Waals surface area contributed by atoms with Crippen LogP contribution in [-0.4, -0.2) is 30.4 Å². The Kier molecular flexibility index (Phi) is 5.00. The standard InChI is InChI=1S/C19H21NO3S/c1-13-6-8-14(9-7-13)11-20(2)18(21)12-23-19(22)17-10-15-4-3-5-16(15)24-17/h6-10H,3-5,11-12H2,1-2H3. The number of likely N-dealkylation sites (N-methyl/N-ethyl adjacent to an activating group) is 1. The van der Waals surface area contributed by atoms with E-state index >= 15 is 0 Å². The number of benzene rings is 1. The molecule has 0 bridgehead atoms. The number of hydrogen-bond donors (Lipinski definition) is 0. The van der Waals surface area contributed by atoms with E-state index in [1.807, 2.05) is 37.3 Å². The number of fused-ring (bicyclic) bond motifs is 1. The summed E-state index contributed by atoms with van der Waals surface area (Å²) in [4.78, 5) is 27.7. The fraction of sp³-hybridized carbons (Fsp3) is 0.368. The SMILES string of the molecule is Cc1ccc(CN(C)C(=O)COC(=O)c2cc3c(s2)CCC3)cc1. The van der Waals surface area contributed by atoms with Crippen molar-refractivity contribution < 1.29 is 14.3 Å². The van der Waals surface area contributed by atoms with E-state index in [0.717, 1.165) is 18.4 Å². The molecule has 0 saturated heterocycles. The number of hydrogen-bond acceptors (Lipinski definition) is 4. The maximum absolute atomic E-state index is 12.1. The second-order valence-corrected chi connectivity index (χ2v) is 7.36. The van der Waals surface area contributed by atoms with E-state index in [0.29, 0.717) is 11.4 Å². The molecule has 126 valence electrons. The fourth-order valence-corrected chi connectivity index (χ4v) is 3.94. The molecular formula is C19H21NO3S. The van der Waals surface area contributed by atoms with Crippen molar-refractivity contribution >= 4 is 23.2 Å². The van der Waals surface area contributed by atoms with E-state index in [9.17, 15) is 9.59 Å². The zero-order chi connectivity index (χ0) is 17.1. The number of nitrogens with zero attached hydrogens (tertiary/aromatic N) is 1. The van der Waals surface area contributed by atoms with Crippen molar-refractivity contribution in [2.75, 3.05) is 13.7 Å². The van der Waals surface area contributed by atoms with Crippen molar-refractivity contribution in [2.45, 2.75) is 32.7 Å². The van der Waals surface area contributed by atoms with Gasteiger partial charge in [0.05, 0.1) is 0 Å². The predicted octanol–water partition coefficient (Wildman–Crippen LogP) is 3.36. The van der Waals surface area contributed by atoms with Gasteiger partial charge in [-0.1, -0.05) is 29.8 Å². The molecule has 0 aliphatic heterocycles. The van der Waals surface area contributed by atoms with E-state index < -0.39 is 5.97 Å². The van der Waals surface area contributed by atoms with Crippen molar-refractivity contribution in [3.05, 3.63) is 56.8 Å². The lowest BCUT2D eigenvalue weighted by Crippen LogP contribution is -2.30. The number of amides is 1. The lowest BCUT2D eigenvalue weighted by molar-refractivity contribution is -0.133. The first-order chi connectivity index (χ1) is 11.5. The molecule has 0 radical (unpaired) electrons. The van der Waals surface area contributed by atoms with Gasteiger partial charge in [-0.15, -0.1) is 11.3 Å². The second kappa shape index (κ2) is 7.18.